The van der Waals surface area contributed by atoms with E-state index in [-0.39, 0.29) is 5.84 Å². The van der Waals surface area contributed by atoms with Crippen molar-refractivity contribution in [2.24, 2.45) is 22.1 Å². The first-order valence-corrected chi connectivity index (χ1v) is 10.0. The molecule has 8 nitrogen and oxygen atoms in total. The summed E-state index contributed by atoms with van der Waals surface area (Å²) in [6.45, 7) is 11.0. The predicted octanol–water partition coefficient (Wildman–Crippen LogP) is 2.96. The van der Waals surface area contributed by atoms with Crippen LogP contribution in [-0.2, 0) is 13.0 Å². The van der Waals surface area contributed by atoms with Crippen LogP contribution >= 0.6 is 0 Å². The van der Waals surface area contributed by atoms with Gasteiger partial charge in [-0.3, -0.25) is 10.3 Å². The molecule has 1 saturated heterocycles. The predicted molar refractivity (Wildman–Crippen MR) is 115 cm³/mol. The third-order valence-electron chi connectivity index (χ3n) is 5.22. The average molecular weight is 395 g/mol. The Hall–Kier alpha value is -2.87. The summed E-state index contributed by atoms with van der Waals surface area (Å²) in [6.07, 6.45) is 2.71. The minimum absolute atomic E-state index is 0.101. The molecule has 0 spiro atoms. The summed E-state index contributed by atoms with van der Waals surface area (Å²) in [4.78, 5) is 4.72. The second-order valence-corrected chi connectivity index (χ2v) is 7.94. The fourth-order valence-corrected chi connectivity index (χ4v) is 3.76. The molecule has 0 bridgehead atoms. The molecule has 0 radical (unpaired) electrons. The lowest BCUT2D eigenvalue weighted by atomic mass is 9.94. The highest BCUT2D eigenvalue weighted by atomic mass is 15.3. The average Bonchev–Trinajstić information content (AvgIpc) is 2.70. The van der Waals surface area contributed by atoms with Gasteiger partial charge in [-0.25, -0.2) is 0 Å². The number of aromatic nitrogens is 2. The number of anilines is 1. The molecule has 0 unspecified atom stereocenters. The topological polar surface area (TPSA) is 107 Å². The molecular weight excluding hydrogens is 364 g/mol. The van der Waals surface area contributed by atoms with Crippen molar-refractivity contribution in [3.63, 3.8) is 0 Å². The van der Waals surface area contributed by atoms with E-state index in [9.17, 15) is 0 Å². The smallest absolute Gasteiger partial charge is 0.178 e. The molecule has 0 aliphatic carbocycles. The lowest BCUT2D eigenvalue weighted by Crippen LogP contribution is -2.46. The van der Waals surface area contributed by atoms with E-state index in [4.69, 9.17) is 11.3 Å². The number of aryl methyl sites for hydroxylation is 1. The van der Waals surface area contributed by atoms with Crippen molar-refractivity contribution in [3.8, 4) is 0 Å². The Morgan fingerprint density at radius 3 is 2.62 bits per heavy atom. The SMILES string of the molecule is Cc1cc(C(=N)/N=N\N)c(N2CCN(Cc3cccnn3)CC2)cc1CC(C)C. The van der Waals surface area contributed by atoms with E-state index in [0.717, 1.165) is 56.1 Å². The van der Waals surface area contributed by atoms with Crippen LogP contribution in [0.4, 0.5) is 5.69 Å². The normalized spacial score (nSPS) is 15.4. The van der Waals surface area contributed by atoms with Gasteiger partial charge < -0.3 is 10.7 Å². The Morgan fingerprint density at radius 2 is 2.00 bits per heavy atom. The minimum Gasteiger partial charge on any atom is -0.368 e. The van der Waals surface area contributed by atoms with Gasteiger partial charge in [0.1, 0.15) is 0 Å². The van der Waals surface area contributed by atoms with E-state index in [2.05, 4.69) is 63.2 Å². The molecule has 1 aromatic heterocycles. The zero-order valence-electron chi connectivity index (χ0n) is 17.5. The maximum Gasteiger partial charge on any atom is 0.178 e. The first-order valence-electron chi connectivity index (χ1n) is 10.0. The van der Waals surface area contributed by atoms with Crippen molar-refractivity contribution in [2.45, 2.75) is 33.7 Å². The van der Waals surface area contributed by atoms with Gasteiger partial charge in [0.15, 0.2) is 5.84 Å². The Labute approximate surface area is 172 Å². The summed E-state index contributed by atoms with van der Waals surface area (Å²) in [5, 5.41) is 23.5. The van der Waals surface area contributed by atoms with Gasteiger partial charge in [-0.1, -0.05) is 19.1 Å². The second-order valence-electron chi connectivity index (χ2n) is 7.94. The minimum atomic E-state index is 0.101. The molecule has 1 fully saturated rings. The molecule has 1 aliphatic rings. The molecule has 2 heterocycles. The lowest BCUT2D eigenvalue weighted by Gasteiger charge is -2.37. The van der Waals surface area contributed by atoms with Crippen molar-refractivity contribution < 1.29 is 0 Å². The van der Waals surface area contributed by atoms with Gasteiger partial charge >= 0.3 is 0 Å². The monoisotopic (exact) mass is 394 g/mol. The second kappa shape index (κ2) is 9.56. The number of nitrogens with zero attached hydrogens (tertiary/aromatic N) is 6. The van der Waals surface area contributed by atoms with Gasteiger partial charge in [-0.2, -0.15) is 10.2 Å². The highest BCUT2D eigenvalue weighted by molar-refractivity contribution is 6.02. The third kappa shape index (κ3) is 5.35. The highest BCUT2D eigenvalue weighted by Crippen LogP contribution is 2.28. The quantitative estimate of drug-likeness (QED) is 0.257. The molecule has 0 amide bonds. The van der Waals surface area contributed by atoms with E-state index in [0.29, 0.717) is 5.92 Å². The van der Waals surface area contributed by atoms with Crippen molar-refractivity contribution >= 4 is 11.5 Å². The first kappa shape index (κ1) is 20.9. The lowest BCUT2D eigenvalue weighted by molar-refractivity contribution is 0.246. The Kier molecular flexibility index (Phi) is 6.87. The van der Waals surface area contributed by atoms with E-state index in [1.54, 1.807) is 6.20 Å². The molecule has 1 aromatic carbocycles. The number of benzene rings is 1. The Bertz CT molecular complexity index is 854. The van der Waals surface area contributed by atoms with Crippen LogP contribution in [0.5, 0.6) is 0 Å². The fraction of sp³-hybridized carbons (Fsp3) is 0.476. The van der Waals surface area contributed by atoms with Gasteiger partial charge in [0.25, 0.3) is 0 Å². The number of nitrogens with one attached hydrogen (secondary N) is 1. The van der Waals surface area contributed by atoms with Gasteiger partial charge in [-0.05, 0) is 54.7 Å². The summed E-state index contributed by atoms with van der Waals surface area (Å²) in [5.41, 5.74) is 5.31. The maximum absolute atomic E-state index is 8.29. The van der Waals surface area contributed by atoms with Gasteiger partial charge in [0, 0.05) is 50.2 Å². The molecule has 8 heteroatoms. The van der Waals surface area contributed by atoms with E-state index in [1.807, 2.05) is 12.1 Å². The Morgan fingerprint density at radius 1 is 1.24 bits per heavy atom. The number of amidine groups is 1. The van der Waals surface area contributed by atoms with Gasteiger partial charge in [0.2, 0.25) is 0 Å². The molecule has 0 atom stereocenters. The maximum atomic E-state index is 8.29. The zero-order valence-corrected chi connectivity index (χ0v) is 17.5. The van der Waals surface area contributed by atoms with Crippen LogP contribution in [0.3, 0.4) is 0 Å². The Balaban J connectivity index is 1.80. The molecule has 3 rings (SSSR count). The number of nitrogens with two attached hydrogens (primary N) is 1. The molecular formula is C21H30N8. The molecule has 154 valence electrons. The highest BCUT2D eigenvalue weighted by Gasteiger charge is 2.22. The number of hydrogen-bond donors (Lipinski definition) is 2. The van der Waals surface area contributed by atoms with E-state index in [1.165, 1.54) is 11.1 Å². The van der Waals surface area contributed by atoms with Crippen LogP contribution in [0.25, 0.3) is 0 Å². The van der Waals surface area contributed by atoms with Crippen LogP contribution in [-0.4, -0.2) is 47.1 Å². The largest absolute Gasteiger partial charge is 0.368 e. The standard InChI is InChI=1S/C21H30N8/c1-15(2)11-17-13-20(19(12-16(17)3)21(22)26-27-23)29-9-7-28(8-10-29)14-18-5-4-6-24-25-18/h4-6,12-13,15H,7-11,14H2,1-3H3,(H3,22,23,26). The molecule has 1 aliphatic heterocycles. The third-order valence-corrected chi connectivity index (χ3v) is 5.22. The van der Waals surface area contributed by atoms with Crippen LogP contribution < -0.4 is 10.7 Å². The fourth-order valence-electron chi connectivity index (χ4n) is 3.76. The van der Waals surface area contributed by atoms with Crippen molar-refractivity contribution in [1.29, 1.82) is 5.41 Å². The molecule has 2 aromatic rings. The van der Waals surface area contributed by atoms with Crippen LogP contribution in [0, 0.1) is 18.3 Å². The van der Waals surface area contributed by atoms with Crippen molar-refractivity contribution in [1.82, 2.24) is 15.1 Å². The zero-order chi connectivity index (χ0) is 20.8. The number of hydrogen-bond acceptors (Lipinski definition) is 6. The summed E-state index contributed by atoms with van der Waals surface area (Å²) < 4.78 is 0. The van der Waals surface area contributed by atoms with E-state index >= 15 is 0 Å². The first-order chi connectivity index (χ1) is 14.0. The molecule has 0 saturated carbocycles. The summed E-state index contributed by atoms with van der Waals surface area (Å²) in [5.74, 6) is 5.88. The van der Waals surface area contributed by atoms with Gasteiger partial charge in [-0.15, -0.1) is 5.11 Å². The van der Waals surface area contributed by atoms with E-state index < -0.39 is 0 Å². The van der Waals surface area contributed by atoms with Crippen LogP contribution in [0.2, 0.25) is 0 Å². The summed E-state index contributed by atoms with van der Waals surface area (Å²) in [7, 11) is 0. The van der Waals surface area contributed by atoms with Crippen molar-refractivity contribution in [2.75, 3.05) is 31.1 Å². The van der Waals surface area contributed by atoms with Gasteiger partial charge in [0.05, 0.1) is 5.69 Å². The number of piperazine rings is 1. The van der Waals surface area contributed by atoms with Crippen molar-refractivity contribution in [3.05, 3.63) is 52.8 Å². The summed E-state index contributed by atoms with van der Waals surface area (Å²) in [6, 6.07) is 8.21. The van der Waals surface area contributed by atoms with Crippen LogP contribution in [0.15, 0.2) is 40.8 Å². The summed E-state index contributed by atoms with van der Waals surface area (Å²) >= 11 is 0. The van der Waals surface area contributed by atoms with Crippen LogP contribution in [0.1, 0.15) is 36.2 Å². The molecule has 3 N–H and O–H groups in total. The number of rotatable bonds is 6. The molecule has 29 heavy (non-hydrogen) atoms.